The second-order valence-electron chi connectivity index (χ2n) is 2.46. The zero-order chi connectivity index (χ0) is 9.72. The van der Waals surface area contributed by atoms with E-state index in [4.69, 9.17) is 5.11 Å². The molecule has 0 unspecified atom stereocenters. The van der Waals surface area contributed by atoms with Gasteiger partial charge < -0.3 is 5.11 Å². The average Bonchev–Trinajstić information content (AvgIpc) is 1.98. The lowest BCUT2D eigenvalue weighted by molar-refractivity contribution is -0.132. The number of carboxylic acid groups (broad SMARTS) is 1. The summed E-state index contributed by atoms with van der Waals surface area (Å²) >= 11 is 0. The van der Waals surface area contributed by atoms with Crippen molar-refractivity contribution in [1.29, 1.82) is 0 Å². The molecule has 0 aliphatic heterocycles. The van der Waals surface area contributed by atoms with Crippen LogP contribution >= 0.6 is 0 Å². The molecule has 0 aliphatic carbocycles. The van der Waals surface area contributed by atoms with Crippen LogP contribution in [0.15, 0.2) is 35.7 Å². The number of halogens is 1. The highest BCUT2D eigenvalue weighted by Crippen LogP contribution is 2.10. The molecule has 0 fully saturated rings. The molecular formula is C9H11FO2. The Bertz CT molecular complexity index is 258. The Morgan fingerprint density at radius 2 is 2.00 bits per heavy atom. The van der Waals surface area contributed by atoms with Crippen LogP contribution in [0.25, 0.3) is 0 Å². The van der Waals surface area contributed by atoms with Crippen molar-refractivity contribution < 1.29 is 14.3 Å². The smallest absolute Gasteiger partial charge is 0.335 e. The van der Waals surface area contributed by atoms with Crippen molar-refractivity contribution in [1.82, 2.24) is 0 Å². The third kappa shape index (κ3) is 3.14. The predicted molar refractivity (Wildman–Crippen MR) is 45.4 cm³/mol. The topological polar surface area (TPSA) is 37.3 Å². The summed E-state index contributed by atoms with van der Waals surface area (Å²) in [5.41, 5.74) is 0.296. The van der Waals surface area contributed by atoms with Gasteiger partial charge in [-0.2, -0.15) is 0 Å². The molecule has 0 heterocycles. The van der Waals surface area contributed by atoms with Crippen LogP contribution in [-0.4, -0.2) is 11.1 Å². The molecule has 0 rings (SSSR count). The SMILES string of the molecule is C=C/C(=C\C(F)=C(C)C)C(=O)O. The van der Waals surface area contributed by atoms with Crippen molar-refractivity contribution in [3.05, 3.63) is 35.7 Å². The first kappa shape index (κ1) is 10.6. The Labute approximate surface area is 70.7 Å². The van der Waals surface area contributed by atoms with Gasteiger partial charge in [0.15, 0.2) is 0 Å². The molecule has 0 saturated carbocycles. The summed E-state index contributed by atoms with van der Waals surface area (Å²) < 4.78 is 12.8. The van der Waals surface area contributed by atoms with Crippen molar-refractivity contribution in [2.24, 2.45) is 0 Å². The Kier molecular flexibility index (Phi) is 3.97. The van der Waals surface area contributed by atoms with Crippen LogP contribution in [-0.2, 0) is 4.79 Å². The normalized spacial score (nSPS) is 10.8. The van der Waals surface area contributed by atoms with Crippen molar-refractivity contribution in [3.63, 3.8) is 0 Å². The fourth-order valence-corrected chi connectivity index (χ4v) is 0.489. The first-order valence-corrected chi connectivity index (χ1v) is 3.39. The molecule has 0 aliphatic rings. The maximum atomic E-state index is 12.8. The molecule has 2 nitrogen and oxygen atoms in total. The van der Waals surface area contributed by atoms with Crippen LogP contribution in [0.3, 0.4) is 0 Å². The van der Waals surface area contributed by atoms with Crippen LogP contribution < -0.4 is 0 Å². The van der Waals surface area contributed by atoms with E-state index in [2.05, 4.69) is 6.58 Å². The van der Waals surface area contributed by atoms with Crippen LogP contribution in [0, 0.1) is 0 Å². The van der Waals surface area contributed by atoms with Gasteiger partial charge in [0.05, 0.1) is 5.57 Å². The number of hydrogen-bond donors (Lipinski definition) is 1. The van der Waals surface area contributed by atoms with E-state index in [1.165, 1.54) is 0 Å². The third-order valence-corrected chi connectivity index (χ3v) is 1.23. The second-order valence-corrected chi connectivity index (χ2v) is 2.46. The molecule has 1 N–H and O–H groups in total. The summed E-state index contributed by atoms with van der Waals surface area (Å²) in [4.78, 5) is 10.4. The number of aliphatic carboxylic acids is 1. The van der Waals surface area contributed by atoms with Gasteiger partial charge >= 0.3 is 5.97 Å². The van der Waals surface area contributed by atoms with E-state index in [-0.39, 0.29) is 5.57 Å². The van der Waals surface area contributed by atoms with Crippen molar-refractivity contribution >= 4 is 5.97 Å². The van der Waals surface area contributed by atoms with Crippen molar-refractivity contribution in [2.45, 2.75) is 13.8 Å². The minimum absolute atomic E-state index is 0.145. The number of allylic oxidation sites excluding steroid dienone is 3. The molecule has 0 aromatic rings. The van der Waals surface area contributed by atoms with Gasteiger partial charge in [0.25, 0.3) is 0 Å². The summed E-state index contributed by atoms with van der Waals surface area (Å²) in [5.74, 6) is -1.71. The van der Waals surface area contributed by atoms with E-state index in [1.807, 2.05) is 0 Å². The maximum absolute atomic E-state index is 12.8. The first-order chi connectivity index (χ1) is 5.49. The minimum atomic E-state index is -1.18. The van der Waals surface area contributed by atoms with Gasteiger partial charge in [0.2, 0.25) is 0 Å². The van der Waals surface area contributed by atoms with Gasteiger partial charge in [-0.25, -0.2) is 9.18 Å². The summed E-state index contributed by atoms with van der Waals surface area (Å²) in [5, 5.41) is 8.48. The van der Waals surface area contributed by atoms with Gasteiger partial charge in [-0.1, -0.05) is 12.7 Å². The molecule has 0 atom stereocenters. The Balaban J connectivity index is 4.86. The summed E-state index contributed by atoms with van der Waals surface area (Å²) in [7, 11) is 0. The number of carbonyl (C=O) groups is 1. The molecule has 0 aromatic heterocycles. The van der Waals surface area contributed by atoms with E-state index in [0.717, 1.165) is 12.2 Å². The van der Waals surface area contributed by atoms with E-state index < -0.39 is 11.8 Å². The van der Waals surface area contributed by atoms with Crippen molar-refractivity contribution in [3.8, 4) is 0 Å². The van der Waals surface area contributed by atoms with E-state index in [1.54, 1.807) is 13.8 Å². The first-order valence-electron chi connectivity index (χ1n) is 3.39. The number of hydrogen-bond acceptors (Lipinski definition) is 1. The average molecular weight is 170 g/mol. The fraction of sp³-hybridized carbons (Fsp3) is 0.222. The van der Waals surface area contributed by atoms with Gasteiger partial charge in [0.1, 0.15) is 5.83 Å². The summed E-state index contributed by atoms with van der Waals surface area (Å²) in [6.07, 6.45) is 2.05. The molecule has 0 spiro atoms. The third-order valence-electron chi connectivity index (χ3n) is 1.23. The molecular weight excluding hydrogens is 159 g/mol. The van der Waals surface area contributed by atoms with E-state index in [0.29, 0.717) is 5.57 Å². The predicted octanol–water partition coefficient (Wildman–Crippen LogP) is 2.45. The minimum Gasteiger partial charge on any atom is -0.478 e. The van der Waals surface area contributed by atoms with Crippen LogP contribution in [0.2, 0.25) is 0 Å². The molecule has 3 heteroatoms. The number of carboxylic acids is 1. The molecule has 12 heavy (non-hydrogen) atoms. The lowest BCUT2D eigenvalue weighted by Gasteiger charge is -1.94. The van der Waals surface area contributed by atoms with Gasteiger partial charge in [-0.05, 0) is 25.5 Å². The quantitative estimate of drug-likeness (QED) is 0.521. The second kappa shape index (κ2) is 4.49. The van der Waals surface area contributed by atoms with Crippen LogP contribution in [0.4, 0.5) is 4.39 Å². The van der Waals surface area contributed by atoms with Gasteiger partial charge in [0, 0.05) is 0 Å². The molecule has 0 saturated heterocycles. The van der Waals surface area contributed by atoms with E-state index >= 15 is 0 Å². The highest BCUT2D eigenvalue weighted by molar-refractivity contribution is 5.90. The standard InChI is InChI=1S/C9H11FO2/c1-4-7(9(11)12)5-8(10)6(2)3/h4-5H,1H2,2-3H3,(H,11,12)/b7-5+. The molecule has 0 amide bonds. The van der Waals surface area contributed by atoms with Crippen LogP contribution in [0.5, 0.6) is 0 Å². The zero-order valence-electron chi connectivity index (χ0n) is 7.10. The summed E-state index contributed by atoms with van der Waals surface area (Å²) in [6.45, 7) is 6.38. The largest absolute Gasteiger partial charge is 0.478 e. The molecule has 0 bridgehead atoms. The fourth-order valence-electron chi connectivity index (χ4n) is 0.489. The van der Waals surface area contributed by atoms with Crippen molar-refractivity contribution in [2.75, 3.05) is 0 Å². The molecule has 66 valence electrons. The van der Waals surface area contributed by atoms with Crippen LogP contribution in [0.1, 0.15) is 13.8 Å². The van der Waals surface area contributed by atoms with Gasteiger partial charge in [-0.15, -0.1) is 0 Å². The lowest BCUT2D eigenvalue weighted by atomic mass is 10.2. The Morgan fingerprint density at radius 1 is 1.50 bits per heavy atom. The molecule has 0 aromatic carbocycles. The Hall–Kier alpha value is -1.38. The summed E-state index contributed by atoms with van der Waals surface area (Å²) in [6, 6.07) is 0. The number of rotatable bonds is 3. The van der Waals surface area contributed by atoms with Gasteiger partial charge in [-0.3, -0.25) is 0 Å². The highest BCUT2D eigenvalue weighted by atomic mass is 19.1. The lowest BCUT2D eigenvalue weighted by Crippen LogP contribution is -1.97. The van der Waals surface area contributed by atoms with E-state index in [9.17, 15) is 9.18 Å². The molecule has 0 radical (unpaired) electrons. The Morgan fingerprint density at radius 3 is 2.25 bits per heavy atom. The zero-order valence-corrected chi connectivity index (χ0v) is 7.10. The monoisotopic (exact) mass is 170 g/mol. The maximum Gasteiger partial charge on any atom is 0.335 e. The highest BCUT2D eigenvalue weighted by Gasteiger charge is 2.03.